The number of hydrogen-bond acceptors (Lipinski definition) is 3. The fourth-order valence-corrected chi connectivity index (χ4v) is 2.21. The Bertz CT molecular complexity index is 689. The standard InChI is InChI=1S/C19H24FN3O2/c1-22(2)13-6-14-23(3)19(24)21-15-9-11-16(12-10-15)25-18-8-5-4-7-17(18)20/h4-5,7-12H,6,13-14H2,1-3H3,(H,21,24). The summed E-state index contributed by atoms with van der Waals surface area (Å²) in [6.45, 7) is 1.61. The summed E-state index contributed by atoms with van der Waals surface area (Å²) in [7, 11) is 5.77. The molecule has 5 nitrogen and oxygen atoms in total. The van der Waals surface area contributed by atoms with Crippen LogP contribution in [0.5, 0.6) is 11.5 Å². The number of carbonyl (C=O) groups is 1. The molecule has 0 heterocycles. The Hall–Kier alpha value is -2.60. The van der Waals surface area contributed by atoms with Crippen molar-refractivity contribution in [2.45, 2.75) is 6.42 Å². The number of nitrogens with one attached hydrogen (secondary N) is 1. The van der Waals surface area contributed by atoms with Crippen molar-refractivity contribution in [2.24, 2.45) is 0 Å². The molecule has 0 bridgehead atoms. The van der Waals surface area contributed by atoms with Gasteiger partial charge in [0.1, 0.15) is 5.75 Å². The molecule has 134 valence electrons. The minimum Gasteiger partial charge on any atom is -0.454 e. The van der Waals surface area contributed by atoms with Crippen LogP contribution in [0.4, 0.5) is 14.9 Å². The summed E-state index contributed by atoms with van der Waals surface area (Å²) in [6.07, 6.45) is 0.909. The number of anilines is 1. The van der Waals surface area contributed by atoms with E-state index in [2.05, 4.69) is 10.2 Å². The quantitative estimate of drug-likeness (QED) is 0.824. The minimum atomic E-state index is -0.417. The highest BCUT2D eigenvalue weighted by Gasteiger charge is 2.09. The van der Waals surface area contributed by atoms with Gasteiger partial charge in [0.15, 0.2) is 11.6 Å². The highest BCUT2D eigenvalue weighted by Crippen LogP contribution is 2.25. The molecule has 2 rings (SSSR count). The van der Waals surface area contributed by atoms with Gasteiger partial charge in [-0.2, -0.15) is 0 Å². The van der Waals surface area contributed by atoms with Crippen LogP contribution in [0.3, 0.4) is 0 Å². The van der Waals surface area contributed by atoms with Gasteiger partial charge in [0.25, 0.3) is 0 Å². The molecule has 0 radical (unpaired) electrons. The molecule has 0 aliphatic heterocycles. The molecule has 0 unspecified atom stereocenters. The summed E-state index contributed by atoms with van der Waals surface area (Å²) in [4.78, 5) is 15.9. The summed E-state index contributed by atoms with van der Waals surface area (Å²) in [5, 5.41) is 2.83. The summed E-state index contributed by atoms with van der Waals surface area (Å²) in [6, 6.07) is 12.9. The third kappa shape index (κ3) is 6.08. The maximum atomic E-state index is 13.6. The first-order valence-corrected chi connectivity index (χ1v) is 8.15. The Labute approximate surface area is 148 Å². The predicted molar refractivity (Wildman–Crippen MR) is 97.7 cm³/mol. The van der Waals surface area contributed by atoms with E-state index in [0.29, 0.717) is 18.0 Å². The number of nitrogens with zero attached hydrogens (tertiary/aromatic N) is 2. The Morgan fingerprint density at radius 3 is 2.36 bits per heavy atom. The van der Waals surface area contributed by atoms with Crippen LogP contribution in [-0.2, 0) is 0 Å². The van der Waals surface area contributed by atoms with Gasteiger partial charge in [-0.3, -0.25) is 0 Å². The number of carbonyl (C=O) groups excluding carboxylic acids is 1. The second-order valence-electron chi connectivity index (χ2n) is 6.07. The fourth-order valence-electron chi connectivity index (χ4n) is 2.21. The number of ether oxygens (including phenoxy) is 1. The Morgan fingerprint density at radius 1 is 1.04 bits per heavy atom. The van der Waals surface area contributed by atoms with Gasteiger partial charge < -0.3 is 19.9 Å². The molecule has 25 heavy (non-hydrogen) atoms. The number of rotatable bonds is 7. The van der Waals surface area contributed by atoms with Crippen LogP contribution in [0, 0.1) is 5.82 Å². The molecule has 1 N–H and O–H groups in total. The maximum Gasteiger partial charge on any atom is 0.321 e. The lowest BCUT2D eigenvalue weighted by Crippen LogP contribution is -2.33. The van der Waals surface area contributed by atoms with Crippen molar-refractivity contribution in [2.75, 3.05) is 39.5 Å². The smallest absolute Gasteiger partial charge is 0.321 e. The lowest BCUT2D eigenvalue weighted by molar-refractivity contribution is 0.220. The van der Waals surface area contributed by atoms with E-state index in [1.807, 2.05) is 14.1 Å². The van der Waals surface area contributed by atoms with E-state index in [0.717, 1.165) is 13.0 Å². The zero-order valence-electron chi connectivity index (χ0n) is 14.8. The summed E-state index contributed by atoms with van der Waals surface area (Å²) >= 11 is 0. The summed E-state index contributed by atoms with van der Waals surface area (Å²) < 4.78 is 19.1. The largest absolute Gasteiger partial charge is 0.454 e. The highest BCUT2D eigenvalue weighted by atomic mass is 19.1. The average Bonchev–Trinajstić information content (AvgIpc) is 2.58. The Morgan fingerprint density at radius 2 is 1.72 bits per heavy atom. The number of urea groups is 1. The fraction of sp³-hybridized carbons (Fsp3) is 0.316. The van der Waals surface area contributed by atoms with Crippen molar-refractivity contribution in [3.63, 3.8) is 0 Å². The molecule has 6 heteroatoms. The van der Waals surface area contributed by atoms with Crippen LogP contribution < -0.4 is 10.1 Å². The summed E-state index contributed by atoms with van der Waals surface area (Å²) in [5.41, 5.74) is 0.658. The SMILES string of the molecule is CN(C)CCCN(C)C(=O)Nc1ccc(Oc2ccccc2F)cc1. The van der Waals surface area contributed by atoms with Gasteiger partial charge in [0, 0.05) is 19.3 Å². The molecule has 0 atom stereocenters. The molecule has 2 aromatic rings. The monoisotopic (exact) mass is 345 g/mol. The van der Waals surface area contributed by atoms with Crippen molar-refractivity contribution in [3.8, 4) is 11.5 Å². The van der Waals surface area contributed by atoms with Crippen LogP contribution >= 0.6 is 0 Å². The number of para-hydroxylation sites is 1. The van der Waals surface area contributed by atoms with Gasteiger partial charge in [-0.05, 0) is 63.5 Å². The molecule has 0 aliphatic carbocycles. The van der Waals surface area contributed by atoms with Crippen LogP contribution in [0.2, 0.25) is 0 Å². The second kappa shape index (κ2) is 9.03. The van der Waals surface area contributed by atoms with E-state index in [4.69, 9.17) is 4.74 Å². The first kappa shape index (κ1) is 18.7. The van der Waals surface area contributed by atoms with E-state index in [1.54, 1.807) is 54.4 Å². The van der Waals surface area contributed by atoms with Gasteiger partial charge in [-0.1, -0.05) is 12.1 Å². The van der Waals surface area contributed by atoms with E-state index >= 15 is 0 Å². The van der Waals surface area contributed by atoms with Crippen LogP contribution in [0.25, 0.3) is 0 Å². The van der Waals surface area contributed by atoms with Crippen molar-refractivity contribution in [1.82, 2.24) is 9.80 Å². The molecule has 0 saturated carbocycles. The van der Waals surface area contributed by atoms with Crippen molar-refractivity contribution in [1.29, 1.82) is 0 Å². The molecule has 0 saturated heterocycles. The van der Waals surface area contributed by atoms with Crippen LogP contribution in [0.1, 0.15) is 6.42 Å². The minimum absolute atomic E-state index is 0.165. The number of amides is 2. The van der Waals surface area contributed by atoms with E-state index in [-0.39, 0.29) is 11.8 Å². The normalized spacial score (nSPS) is 10.6. The Balaban J connectivity index is 1.87. The van der Waals surface area contributed by atoms with E-state index < -0.39 is 5.82 Å². The highest BCUT2D eigenvalue weighted by molar-refractivity contribution is 5.89. The lowest BCUT2D eigenvalue weighted by Gasteiger charge is -2.19. The molecule has 0 spiro atoms. The van der Waals surface area contributed by atoms with Crippen molar-refractivity contribution >= 4 is 11.7 Å². The third-order valence-corrected chi connectivity index (χ3v) is 3.62. The first-order valence-electron chi connectivity index (χ1n) is 8.15. The van der Waals surface area contributed by atoms with Crippen LogP contribution in [0.15, 0.2) is 48.5 Å². The first-order chi connectivity index (χ1) is 12.0. The van der Waals surface area contributed by atoms with E-state index in [1.165, 1.54) is 6.07 Å². The number of halogens is 1. The van der Waals surface area contributed by atoms with Gasteiger partial charge >= 0.3 is 6.03 Å². The van der Waals surface area contributed by atoms with Gasteiger partial charge in [0.05, 0.1) is 0 Å². The third-order valence-electron chi connectivity index (χ3n) is 3.62. The molecule has 0 fully saturated rings. The van der Waals surface area contributed by atoms with Gasteiger partial charge in [-0.25, -0.2) is 9.18 Å². The molecule has 0 aromatic heterocycles. The summed E-state index contributed by atoms with van der Waals surface area (Å²) in [5.74, 6) is 0.251. The van der Waals surface area contributed by atoms with Gasteiger partial charge in [0.2, 0.25) is 0 Å². The molecular weight excluding hydrogens is 321 g/mol. The van der Waals surface area contributed by atoms with E-state index in [9.17, 15) is 9.18 Å². The van der Waals surface area contributed by atoms with Gasteiger partial charge in [-0.15, -0.1) is 0 Å². The molecule has 2 aromatic carbocycles. The molecular formula is C19H24FN3O2. The molecule has 2 amide bonds. The predicted octanol–water partition coefficient (Wildman–Crippen LogP) is 4.03. The van der Waals surface area contributed by atoms with Crippen LogP contribution in [-0.4, -0.2) is 50.1 Å². The molecule has 0 aliphatic rings. The Kier molecular flexibility index (Phi) is 6.77. The van der Waals surface area contributed by atoms with Crippen molar-refractivity contribution in [3.05, 3.63) is 54.3 Å². The van der Waals surface area contributed by atoms with Crippen molar-refractivity contribution < 1.29 is 13.9 Å². The zero-order valence-corrected chi connectivity index (χ0v) is 14.8. The lowest BCUT2D eigenvalue weighted by atomic mass is 10.3. The topological polar surface area (TPSA) is 44.8 Å². The zero-order chi connectivity index (χ0) is 18.2. The average molecular weight is 345 g/mol. The maximum absolute atomic E-state index is 13.6. The second-order valence-corrected chi connectivity index (χ2v) is 6.07. The number of hydrogen-bond donors (Lipinski definition) is 1. The number of benzene rings is 2.